The lowest BCUT2D eigenvalue weighted by molar-refractivity contribution is 0.143. The lowest BCUT2D eigenvalue weighted by Gasteiger charge is -2.38. The Bertz CT molecular complexity index is 447. The molecule has 0 aliphatic carbocycles. The molecule has 2 rings (SSSR count). The van der Waals surface area contributed by atoms with Gasteiger partial charge in [-0.15, -0.1) is 0 Å². The maximum absolute atomic E-state index is 5.54. The Labute approximate surface area is 120 Å². The van der Waals surface area contributed by atoms with E-state index in [1.54, 1.807) is 21.3 Å². The summed E-state index contributed by atoms with van der Waals surface area (Å²) in [7, 11) is 4.94. The van der Waals surface area contributed by atoms with E-state index in [9.17, 15) is 0 Å². The average molecular weight is 280 g/mol. The van der Waals surface area contributed by atoms with Gasteiger partial charge in [0.15, 0.2) is 11.5 Å². The molecular weight excluding hydrogens is 256 g/mol. The van der Waals surface area contributed by atoms with Gasteiger partial charge in [0.2, 0.25) is 5.75 Å². The molecule has 0 aromatic heterocycles. The topological polar surface area (TPSA) is 43.0 Å². The molecule has 0 radical (unpaired) electrons. The lowest BCUT2D eigenvalue weighted by atomic mass is 10.1. The quantitative estimate of drug-likeness (QED) is 0.820. The fourth-order valence-corrected chi connectivity index (χ4v) is 2.54. The van der Waals surface area contributed by atoms with Crippen molar-refractivity contribution in [2.75, 3.05) is 41.0 Å². The van der Waals surface area contributed by atoms with Crippen LogP contribution in [0.1, 0.15) is 12.5 Å². The largest absolute Gasteiger partial charge is 0.493 e. The van der Waals surface area contributed by atoms with E-state index in [-0.39, 0.29) is 0 Å². The van der Waals surface area contributed by atoms with Crippen LogP contribution in [-0.2, 0) is 6.54 Å². The number of hydrogen-bond donors (Lipinski definition) is 1. The Morgan fingerprint density at radius 2 is 1.80 bits per heavy atom. The number of nitrogens with one attached hydrogen (secondary N) is 1. The number of nitrogens with zero attached hydrogens (tertiary/aromatic N) is 1. The second-order valence-electron chi connectivity index (χ2n) is 4.87. The summed E-state index contributed by atoms with van der Waals surface area (Å²) >= 11 is 0. The zero-order valence-electron chi connectivity index (χ0n) is 12.7. The number of rotatable bonds is 7. The van der Waals surface area contributed by atoms with Crippen LogP contribution in [0, 0.1) is 0 Å². The second kappa shape index (κ2) is 6.81. The molecule has 112 valence electrons. The fraction of sp³-hybridized carbons (Fsp3) is 0.600. The summed E-state index contributed by atoms with van der Waals surface area (Å²) in [5, 5.41) is 3.31. The minimum absolute atomic E-state index is 0.609. The maximum atomic E-state index is 5.54. The van der Waals surface area contributed by atoms with Crippen molar-refractivity contribution in [1.82, 2.24) is 10.2 Å². The molecule has 0 unspecified atom stereocenters. The highest BCUT2D eigenvalue weighted by atomic mass is 16.5. The van der Waals surface area contributed by atoms with Crippen LogP contribution >= 0.6 is 0 Å². The smallest absolute Gasteiger partial charge is 0.203 e. The minimum Gasteiger partial charge on any atom is -0.493 e. The molecule has 0 bridgehead atoms. The van der Waals surface area contributed by atoms with Crippen molar-refractivity contribution in [3.63, 3.8) is 0 Å². The molecule has 0 saturated carbocycles. The van der Waals surface area contributed by atoms with Crippen LogP contribution in [0.5, 0.6) is 17.2 Å². The maximum Gasteiger partial charge on any atom is 0.203 e. The standard InChI is InChI=1S/C15H24N2O3/c1-5-17(12-8-16-9-12)10-11-6-7-13(18-2)15(20-4)14(11)19-3/h6-7,12,16H,5,8-10H2,1-4H3. The Kier molecular flexibility index (Phi) is 5.09. The van der Waals surface area contributed by atoms with Gasteiger partial charge in [0, 0.05) is 31.2 Å². The molecule has 1 aromatic carbocycles. The molecule has 20 heavy (non-hydrogen) atoms. The van der Waals surface area contributed by atoms with Gasteiger partial charge in [-0.05, 0) is 12.6 Å². The first-order valence-corrected chi connectivity index (χ1v) is 6.97. The van der Waals surface area contributed by atoms with Gasteiger partial charge in [0.25, 0.3) is 0 Å². The van der Waals surface area contributed by atoms with Gasteiger partial charge >= 0.3 is 0 Å². The zero-order valence-corrected chi connectivity index (χ0v) is 12.7. The fourth-order valence-electron chi connectivity index (χ4n) is 2.54. The average Bonchev–Trinajstić information content (AvgIpc) is 2.43. The molecule has 1 heterocycles. The monoisotopic (exact) mass is 280 g/mol. The van der Waals surface area contributed by atoms with Crippen LogP contribution in [0.2, 0.25) is 0 Å². The minimum atomic E-state index is 0.609. The molecule has 1 aromatic rings. The number of methoxy groups -OCH3 is 3. The number of hydrogen-bond acceptors (Lipinski definition) is 5. The van der Waals surface area contributed by atoms with Gasteiger partial charge in [-0.3, -0.25) is 4.90 Å². The third-order valence-electron chi connectivity index (χ3n) is 3.84. The normalized spacial score (nSPS) is 15.1. The van der Waals surface area contributed by atoms with E-state index in [1.165, 1.54) is 0 Å². The molecule has 5 nitrogen and oxygen atoms in total. The predicted molar refractivity (Wildman–Crippen MR) is 78.8 cm³/mol. The molecule has 0 amide bonds. The molecule has 1 aliphatic heterocycles. The molecule has 0 spiro atoms. The van der Waals surface area contributed by atoms with E-state index < -0.39 is 0 Å². The Hall–Kier alpha value is -1.46. The third kappa shape index (κ3) is 2.83. The summed E-state index contributed by atoms with van der Waals surface area (Å²) in [6.45, 7) is 6.18. The molecule has 1 saturated heterocycles. The van der Waals surface area contributed by atoms with Gasteiger partial charge < -0.3 is 19.5 Å². The first-order chi connectivity index (χ1) is 9.74. The van der Waals surface area contributed by atoms with Crippen LogP contribution in [0.15, 0.2) is 12.1 Å². The van der Waals surface area contributed by atoms with E-state index in [0.29, 0.717) is 17.5 Å². The highest BCUT2D eigenvalue weighted by Crippen LogP contribution is 2.40. The second-order valence-corrected chi connectivity index (χ2v) is 4.87. The van der Waals surface area contributed by atoms with E-state index in [4.69, 9.17) is 14.2 Å². The predicted octanol–water partition coefficient (Wildman–Crippen LogP) is 1.51. The Morgan fingerprint density at radius 3 is 2.25 bits per heavy atom. The third-order valence-corrected chi connectivity index (χ3v) is 3.84. The molecule has 1 aliphatic rings. The van der Waals surface area contributed by atoms with Crippen LogP contribution < -0.4 is 19.5 Å². The summed E-state index contributed by atoms with van der Waals surface area (Å²) in [4.78, 5) is 2.44. The zero-order chi connectivity index (χ0) is 14.5. The lowest BCUT2D eigenvalue weighted by Crippen LogP contribution is -2.56. The van der Waals surface area contributed by atoms with Gasteiger partial charge in [-0.1, -0.05) is 13.0 Å². The van der Waals surface area contributed by atoms with Crippen LogP contribution in [-0.4, -0.2) is 51.9 Å². The van der Waals surface area contributed by atoms with Crippen molar-refractivity contribution < 1.29 is 14.2 Å². The van der Waals surface area contributed by atoms with Crippen molar-refractivity contribution in [2.24, 2.45) is 0 Å². The van der Waals surface area contributed by atoms with Crippen molar-refractivity contribution >= 4 is 0 Å². The molecular formula is C15H24N2O3. The van der Waals surface area contributed by atoms with Gasteiger partial charge in [-0.25, -0.2) is 0 Å². The highest BCUT2D eigenvalue weighted by Gasteiger charge is 2.25. The van der Waals surface area contributed by atoms with Crippen molar-refractivity contribution in [1.29, 1.82) is 0 Å². The number of ether oxygens (including phenoxy) is 3. The first kappa shape index (κ1) is 14.9. The SMILES string of the molecule is CCN(Cc1ccc(OC)c(OC)c1OC)C1CNC1. The van der Waals surface area contributed by atoms with Crippen molar-refractivity contribution in [3.8, 4) is 17.2 Å². The molecule has 1 fully saturated rings. The van der Waals surface area contributed by atoms with Gasteiger partial charge in [-0.2, -0.15) is 0 Å². The summed E-state index contributed by atoms with van der Waals surface area (Å²) in [6, 6.07) is 4.59. The number of benzene rings is 1. The van der Waals surface area contributed by atoms with Gasteiger partial charge in [0.05, 0.1) is 21.3 Å². The van der Waals surface area contributed by atoms with Gasteiger partial charge in [0.1, 0.15) is 0 Å². The van der Waals surface area contributed by atoms with E-state index >= 15 is 0 Å². The first-order valence-electron chi connectivity index (χ1n) is 6.97. The summed E-state index contributed by atoms with van der Waals surface area (Å²) in [6.07, 6.45) is 0. The van der Waals surface area contributed by atoms with Crippen molar-refractivity contribution in [3.05, 3.63) is 17.7 Å². The van der Waals surface area contributed by atoms with E-state index in [0.717, 1.165) is 37.5 Å². The Balaban J connectivity index is 2.25. The van der Waals surface area contributed by atoms with Crippen LogP contribution in [0.4, 0.5) is 0 Å². The highest BCUT2D eigenvalue weighted by molar-refractivity contribution is 5.55. The molecule has 1 N–H and O–H groups in total. The van der Waals surface area contributed by atoms with E-state index in [2.05, 4.69) is 23.2 Å². The van der Waals surface area contributed by atoms with Crippen molar-refractivity contribution in [2.45, 2.75) is 19.5 Å². The number of likely N-dealkylation sites (N-methyl/N-ethyl adjacent to an activating group) is 1. The molecule has 5 heteroatoms. The van der Waals surface area contributed by atoms with Crippen LogP contribution in [0.3, 0.4) is 0 Å². The molecule has 0 atom stereocenters. The van der Waals surface area contributed by atoms with E-state index in [1.807, 2.05) is 6.07 Å². The Morgan fingerprint density at radius 1 is 1.10 bits per heavy atom. The summed E-state index contributed by atoms with van der Waals surface area (Å²) < 4.78 is 16.3. The van der Waals surface area contributed by atoms with Crippen LogP contribution in [0.25, 0.3) is 0 Å². The summed E-state index contributed by atoms with van der Waals surface area (Å²) in [5.41, 5.74) is 1.12. The summed E-state index contributed by atoms with van der Waals surface area (Å²) in [5.74, 6) is 2.12.